The average Bonchev–Trinajstić information content (AvgIpc) is 3.73. The minimum absolute atomic E-state index is 0.647. The number of nitrogens with one attached hydrogen (secondary N) is 4. The molecule has 0 saturated heterocycles. The standard InChI is InChI=1S/C32H22N8/c1-2-10-18-17(9-1)25-33-26(18)38-28-21-13-5-6-14-22(21)30(35-28)40-32-24-16-8-7-15-23(24)31(36-32)39-29-20-12-4-3-11-19(20)27(34-29)37-25/h1-14,33-34,37H,15-16H2,(H,35,36,38,39,40). The van der Waals surface area contributed by atoms with E-state index < -0.39 is 0 Å². The van der Waals surface area contributed by atoms with Gasteiger partial charge in [-0.25, -0.2) is 20.0 Å². The largest absolute Gasteiger partial charge is 0.327 e. The molecule has 4 aliphatic rings. The SMILES string of the molecule is C1=CCC2=C(C1)C1=NC2=Nc2[nH]c(c3ccccc23)Nc2[nH]c(c3ccccc23)NC2=NC(=N1)c1ccccc12. The molecule has 9 rings (SSSR count). The molecule has 190 valence electrons. The van der Waals surface area contributed by atoms with Crippen LogP contribution in [0, 0.1) is 0 Å². The van der Waals surface area contributed by atoms with Gasteiger partial charge in [-0.15, -0.1) is 0 Å². The maximum atomic E-state index is 5.09. The number of hydrogen-bond donors (Lipinski definition) is 4. The molecule has 8 heteroatoms. The quantitative estimate of drug-likeness (QED) is 0.164. The minimum Gasteiger partial charge on any atom is -0.327 e. The molecule has 1 aliphatic carbocycles. The van der Waals surface area contributed by atoms with Gasteiger partial charge in [-0.3, -0.25) is 0 Å². The fraction of sp³-hybridized carbons (Fsp3) is 0.0625. The number of benzene rings is 3. The van der Waals surface area contributed by atoms with Crippen molar-refractivity contribution in [3.8, 4) is 0 Å². The van der Waals surface area contributed by atoms with Crippen LogP contribution in [-0.4, -0.2) is 33.3 Å². The predicted octanol–water partition coefficient (Wildman–Crippen LogP) is 7.11. The molecule has 3 aliphatic heterocycles. The van der Waals surface area contributed by atoms with Gasteiger partial charge in [0.2, 0.25) is 0 Å². The van der Waals surface area contributed by atoms with Crippen molar-refractivity contribution in [1.82, 2.24) is 9.97 Å². The summed E-state index contributed by atoms with van der Waals surface area (Å²) in [5.74, 6) is 6.14. The number of fused-ring (bicyclic) bond motifs is 17. The van der Waals surface area contributed by atoms with E-state index in [0.717, 1.165) is 85.8 Å². The zero-order chi connectivity index (χ0) is 26.2. The second-order valence-electron chi connectivity index (χ2n) is 10.2. The molecule has 0 amide bonds. The summed E-state index contributed by atoms with van der Waals surface area (Å²) < 4.78 is 0. The lowest BCUT2D eigenvalue weighted by molar-refractivity contribution is 1.15. The molecule has 0 saturated carbocycles. The van der Waals surface area contributed by atoms with Crippen molar-refractivity contribution in [1.29, 1.82) is 0 Å². The van der Waals surface area contributed by atoms with Gasteiger partial charge in [-0.2, -0.15) is 0 Å². The first kappa shape index (κ1) is 21.4. The maximum Gasteiger partial charge on any atom is 0.164 e. The Morgan fingerprint density at radius 1 is 0.475 bits per heavy atom. The smallest absolute Gasteiger partial charge is 0.164 e. The van der Waals surface area contributed by atoms with E-state index in [4.69, 9.17) is 20.0 Å². The van der Waals surface area contributed by atoms with Crippen LogP contribution in [0.4, 0.5) is 23.3 Å². The number of hydrogen-bond acceptors (Lipinski definition) is 6. The summed E-state index contributed by atoms with van der Waals surface area (Å²) in [5, 5.41) is 11.4. The third-order valence-electron chi connectivity index (χ3n) is 7.90. The van der Waals surface area contributed by atoms with Crippen molar-refractivity contribution in [2.45, 2.75) is 12.8 Å². The summed E-state index contributed by atoms with van der Waals surface area (Å²) in [6.45, 7) is 0. The van der Waals surface area contributed by atoms with E-state index in [9.17, 15) is 0 Å². The molecule has 8 nitrogen and oxygen atoms in total. The molecular weight excluding hydrogens is 496 g/mol. The lowest BCUT2D eigenvalue weighted by atomic mass is 9.97. The number of anilines is 3. The van der Waals surface area contributed by atoms with E-state index in [1.807, 2.05) is 36.4 Å². The number of aliphatic imine (C=N–C) groups is 4. The molecule has 0 unspecified atom stereocenters. The van der Waals surface area contributed by atoms with Crippen molar-refractivity contribution in [3.63, 3.8) is 0 Å². The van der Waals surface area contributed by atoms with Crippen molar-refractivity contribution < 1.29 is 0 Å². The Kier molecular flexibility index (Phi) is 4.29. The molecule has 0 spiro atoms. The van der Waals surface area contributed by atoms with Crippen molar-refractivity contribution in [2.75, 3.05) is 10.6 Å². The molecule has 0 radical (unpaired) electrons. The van der Waals surface area contributed by atoms with Crippen LogP contribution in [-0.2, 0) is 0 Å². The summed E-state index contributed by atoms with van der Waals surface area (Å²) in [5.41, 5.74) is 4.21. The lowest BCUT2D eigenvalue weighted by Crippen LogP contribution is -2.12. The van der Waals surface area contributed by atoms with Crippen LogP contribution in [0.1, 0.15) is 24.0 Å². The summed E-state index contributed by atoms with van der Waals surface area (Å²) in [7, 11) is 0. The van der Waals surface area contributed by atoms with Gasteiger partial charge in [0.25, 0.3) is 0 Å². The third kappa shape index (κ3) is 3.07. The number of nitrogens with zero attached hydrogens (tertiary/aromatic N) is 4. The van der Waals surface area contributed by atoms with Gasteiger partial charge >= 0.3 is 0 Å². The Labute approximate surface area is 228 Å². The zero-order valence-corrected chi connectivity index (χ0v) is 21.3. The minimum atomic E-state index is 0.647. The number of rotatable bonds is 0. The zero-order valence-electron chi connectivity index (χ0n) is 21.3. The highest BCUT2D eigenvalue weighted by molar-refractivity contribution is 6.31. The van der Waals surface area contributed by atoms with Crippen molar-refractivity contribution in [3.05, 3.63) is 107 Å². The summed E-state index contributed by atoms with van der Waals surface area (Å²) in [6.07, 6.45) is 5.91. The number of aromatic amines is 2. The first-order valence-corrected chi connectivity index (χ1v) is 13.4. The predicted molar refractivity (Wildman–Crippen MR) is 163 cm³/mol. The van der Waals surface area contributed by atoms with Gasteiger partial charge in [0.05, 0.1) is 0 Å². The average molecular weight is 519 g/mol. The third-order valence-corrected chi connectivity index (χ3v) is 7.90. The van der Waals surface area contributed by atoms with Gasteiger partial charge in [0.1, 0.15) is 29.1 Å². The van der Waals surface area contributed by atoms with Crippen LogP contribution in [0.15, 0.2) is 116 Å². The Morgan fingerprint density at radius 3 is 1.77 bits per heavy atom. The van der Waals surface area contributed by atoms with E-state index >= 15 is 0 Å². The van der Waals surface area contributed by atoms with Crippen molar-refractivity contribution in [2.24, 2.45) is 20.0 Å². The monoisotopic (exact) mass is 518 g/mol. The van der Waals surface area contributed by atoms with Gasteiger partial charge in [-0.05, 0) is 12.8 Å². The van der Waals surface area contributed by atoms with E-state index in [2.05, 4.69) is 69.2 Å². The molecule has 5 aromatic rings. The molecule has 40 heavy (non-hydrogen) atoms. The second-order valence-corrected chi connectivity index (χ2v) is 10.2. The van der Waals surface area contributed by atoms with Crippen LogP contribution in [0.2, 0.25) is 0 Å². The molecule has 4 N–H and O–H groups in total. The Hall–Kier alpha value is -5.50. The van der Waals surface area contributed by atoms with E-state index in [0.29, 0.717) is 17.5 Å². The highest BCUT2D eigenvalue weighted by Crippen LogP contribution is 2.39. The van der Waals surface area contributed by atoms with Crippen LogP contribution >= 0.6 is 0 Å². The Balaban J connectivity index is 1.33. The highest BCUT2D eigenvalue weighted by Gasteiger charge is 2.29. The highest BCUT2D eigenvalue weighted by atomic mass is 15.2. The molecule has 3 aromatic carbocycles. The van der Waals surface area contributed by atoms with Gasteiger partial charge in [0.15, 0.2) is 17.5 Å². The van der Waals surface area contributed by atoms with E-state index in [1.54, 1.807) is 0 Å². The van der Waals surface area contributed by atoms with Crippen LogP contribution < -0.4 is 10.6 Å². The number of H-pyrrole nitrogens is 2. The molecular formula is C32H22N8. The topological polar surface area (TPSA) is 105 Å². The summed E-state index contributed by atoms with van der Waals surface area (Å²) in [6, 6.07) is 24.8. The number of aromatic nitrogens is 2. The van der Waals surface area contributed by atoms with Gasteiger partial charge in [0, 0.05) is 43.8 Å². The molecule has 8 bridgehead atoms. The fourth-order valence-electron chi connectivity index (χ4n) is 5.99. The summed E-state index contributed by atoms with van der Waals surface area (Å²) in [4.78, 5) is 27.2. The van der Waals surface area contributed by atoms with Crippen LogP contribution in [0.3, 0.4) is 0 Å². The second kappa shape index (κ2) is 8.00. The number of allylic oxidation sites excluding steroid dienone is 2. The number of amidine groups is 4. The normalized spacial score (nSPS) is 17.1. The van der Waals surface area contributed by atoms with Gasteiger partial charge in [-0.1, -0.05) is 84.9 Å². The van der Waals surface area contributed by atoms with Crippen LogP contribution in [0.5, 0.6) is 0 Å². The van der Waals surface area contributed by atoms with Gasteiger partial charge < -0.3 is 20.6 Å². The first-order chi connectivity index (χ1) is 19.8. The fourth-order valence-corrected chi connectivity index (χ4v) is 5.99. The maximum absolute atomic E-state index is 5.09. The lowest BCUT2D eigenvalue weighted by Gasteiger charge is -2.08. The van der Waals surface area contributed by atoms with E-state index in [-0.39, 0.29) is 0 Å². The molecule has 0 fully saturated rings. The van der Waals surface area contributed by atoms with Crippen molar-refractivity contribution >= 4 is 68.2 Å². The van der Waals surface area contributed by atoms with Crippen LogP contribution in [0.25, 0.3) is 21.5 Å². The Bertz CT molecular complexity index is 2110. The molecule has 5 heterocycles. The first-order valence-electron chi connectivity index (χ1n) is 13.4. The summed E-state index contributed by atoms with van der Waals surface area (Å²) >= 11 is 0. The Morgan fingerprint density at radius 2 is 1.02 bits per heavy atom. The molecule has 0 atom stereocenters. The van der Waals surface area contributed by atoms with E-state index in [1.165, 1.54) is 0 Å². The molecule has 2 aromatic heterocycles.